The third-order valence-corrected chi connectivity index (χ3v) is 3.16. The number of amides is 2. The molecule has 2 rings (SSSR count). The molecule has 0 bridgehead atoms. The number of rotatable bonds is 2. The number of hydrogen-bond acceptors (Lipinski definition) is 5. The lowest BCUT2D eigenvalue weighted by Crippen LogP contribution is -2.26. The Hall–Kier alpha value is -2.70. The first kappa shape index (κ1) is 14.7. The van der Waals surface area contributed by atoms with Gasteiger partial charge >= 0.3 is 0 Å². The molecule has 0 atom stereocenters. The van der Waals surface area contributed by atoms with E-state index in [1.807, 2.05) is 0 Å². The van der Waals surface area contributed by atoms with E-state index in [9.17, 15) is 14.4 Å². The maximum atomic E-state index is 12.3. The summed E-state index contributed by atoms with van der Waals surface area (Å²) in [6.45, 7) is 2.71. The molecule has 7 heteroatoms. The van der Waals surface area contributed by atoms with Gasteiger partial charge in [0.25, 0.3) is 0 Å². The van der Waals surface area contributed by atoms with E-state index >= 15 is 0 Å². The van der Waals surface area contributed by atoms with Gasteiger partial charge in [0.2, 0.25) is 17.6 Å². The van der Waals surface area contributed by atoms with Crippen LogP contribution in [0.15, 0.2) is 17.3 Å². The van der Waals surface area contributed by atoms with E-state index in [4.69, 9.17) is 5.21 Å². The number of fused-ring (bicyclic) bond motifs is 1. The van der Waals surface area contributed by atoms with Gasteiger partial charge < -0.3 is 15.8 Å². The highest BCUT2D eigenvalue weighted by molar-refractivity contribution is 6.48. The minimum atomic E-state index is -0.449. The molecule has 0 heterocycles. The lowest BCUT2D eigenvalue weighted by atomic mass is 9.86. The average Bonchev–Trinajstić information content (AvgIpc) is 2.40. The molecule has 1 aliphatic carbocycles. The fourth-order valence-corrected chi connectivity index (χ4v) is 2.36. The van der Waals surface area contributed by atoms with E-state index < -0.39 is 5.78 Å². The minimum absolute atomic E-state index is 0.0362. The maximum Gasteiger partial charge on any atom is 0.221 e. The molecule has 21 heavy (non-hydrogen) atoms. The van der Waals surface area contributed by atoms with Gasteiger partial charge in [0.1, 0.15) is 5.71 Å². The zero-order valence-corrected chi connectivity index (χ0v) is 11.7. The summed E-state index contributed by atoms with van der Waals surface area (Å²) in [5.74, 6) is -1.02. The van der Waals surface area contributed by atoms with Crippen LogP contribution in [0.1, 0.15) is 36.2 Å². The summed E-state index contributed by atoms with van der Waals surface area (Å²) in [7, 11) is 0. The summed E-state index contributed by atoms with van der Waals surface area (Å²) >= 11 is 0. The zero-order chi connectivity index (χ0) is 15.6. The fourth-order valence-electron chi connectivity index (χ4n) is 2.36. The Morgan fingerprint density at radius 1 is 1.10 bits per heavy atom. The summed E-state index contributed by atoms with van der Waals surface area (Å²) in [4.78, 5) is 34.8. The number of oxime groups is 1. The molecular formula is C14H15N3O4. The first-order valence-electron chi connectivity index (χ1n) is 6.40. The van der Waals surface area contributed by atoms with Gasteiger partial charge in [0.05, 0.1) is 11.3 Å². The van der Waals surface area contributed by atoms with Crippen molar-refractivity contribution < 1.29 is 19.6 Å². The average molecular weight is 289 g/mol. The van der Waals surface area contributed by atoms with Crippen molar-refractivity contribution >= 4 is 34.7 Å². The normalized spacial score (nSPS) is 15.5. The van der Waals surface area contributed by atoms with E-state index in [0.29, 0.717) is 23.4 Å². The van der Waals surface area contributed by atoms with Gasteiger partial charge in [-0.25, -0.2) is 0 Å². The number of carbonyl (C=O) groups is 3. The number of nitrogens with zero attached hydrogens (tertiary/aromatic N) is 1. The van der Waals surface area contributed by atoms with Crippen molar-refractivity contribution in [3.63, 3.8) is 0 Å². The summed E-state index contributed by atoms with van der Waals surface area (Å²) in [6, 6.07) is 3.18. The largest absolute Gasteiger partial charge is 0.411 e. The molecule has 0 fully saturated rings. The van der Waals surface area contributed by atoms with Crippen molar-refractivity contribution in [2.45, 2.75) is 26.7 Å². The van der Waals surface area contributed by atoms with Crippen molar-refractivity contribution in [3.8, 4) is 0 Å². The van der Waals surface area contributed by atoms with Gasteiger partial charge in [-0.05, 0) is 24.1 Å². The predicted octanol–water partition coefficient (Wildman–Crippen LogP) is 1.56. The van der Waals surface area contributed by atoms with Crippen LogP contribution in [0.5, 0.6) is 0 Å². The number of ketones is 1. The molecule has 0 aliphatic heterocycles. The van der Waals surface area contributed by atoms with Crippen LogP contribution in [0.25, 0.3) is 0 Å². The van der Waals surface area contributed by atoms with Crippen LogP contribution < -0.4 is 10.6 Å². The second-order valence-electron chi connectivity index (χ2n) is 4.75. The second-order valence-corrected chi connectivity index (χ2v) is 4.75. The van der Waals surface area contributed by atoms with Crippen molar-refractivity contribution in [2.24, 2.45) is 5.16 Å². The number of nitrogens with one attached hydrogen (secondary N) is 2. The Balaban J connectivity index is 2.60. The summed E-state index contributed by atoms with van der Waals surface area (Å²) in [5.41, 5.74) is 1.80. The molecule has 3 N–H and O–H groups in total. The Morgan fingerprint density at radius 2 is 1.67 bits per heavy atom. The summed E-state index contributed by atoms with van der Waals surface area (Å²) < 4.78 is 0. The molecule has 1 aromatic rings. The lowest BCUT2D eigenvalue weighted by molar-refractivity contribution is -0.115. The number of Topliss-reactive ketones (excluding diaryl/α,β-unsaturated/α-hetero) is 1. The molecule has 1 aliphatic rings. The van der Waals surface area contributed by atoms with E-state index in [1.165, 1.54) is 13.8 Å². The van der Waals surface area contributed by atoms with Crippen molar-refractivity contribution in [1.29, 1.82) is 0 Å². The number of carbonyl (C=O) groups excluding carboxylic acids is 3. The molecule has 0 radical (unpaired) electrons. The highest BCUT2D eigenvalue weighted by Gasteiger charge is 2.29. The van der Waals surface area contributed by atoms with Gasteiger partial charge in [-0.1, -0.05) is 5.16 Å². The van der Waals surface area contributed by atoms with E-state index in [2.05, 4.69) is 15.8 Å². The zero-order valence-electron chi connectivity index (χ0n) is 11.7. The van der Waals surface area contributed by atoms with Crippen LogP contribution in [0.3, 0.4) is 0 Å². The maximum absolute atomic E-state index is 12.3. The Kier molecular flexibility index (Phi) is 4.02. The quantitative estimate of drug-likeness (QED) is 0.567. The molecule has 0 unspecified atom stereocenters. The molecule has 1 aromatic carbocycles. The first-order valence-corrected chi connectivity index (χ1v) is 6.40. The Labute approximate surface area is 121 Å². The van der Waals surface area contributed by atoms with Crippen LogP contribution in [0.2, 0.25) is 0 Å². The van der Waals surface area contributed by atoms with Crippen LogP contribution in [0, 0.1) is 0 Å². The molecule has 0 saturated carbocycles. The highest BCUT2D eigenvalue weighted by Crippen LogP contribution is 2.33. The highest BCUT2D eigenvalue weighted by atomic mass is 16.4. The molecular weight excluding hydrogens is 274 g/mol. The third kappa shape index (κ3) is 2.91. The predicted molar refractivity (Wildman–Crippen MR) is 76.9 cm³/mol. The van der Waals surface area contributed by atoms with Gasteiger partial charge in [0.15, 0.2) is 0 Å². The molecule has 0 aromatic heterocycles. The summed E-state index contributed by atoms with van der Waals surface area (Å²) in [5, 5.41) is 17.1. The molecule has 110 valence electrons. The van der Waals surface area contributed by atoms with Crippen LogP contribution in [0.4, 0.5) is 11.4 Å². The summed E-state index contributed by atoms with van der Waals surface area (Å²) in [6.07, 6.45) is 0.710. The van der Waals surface area contributed by atoms with Gasteiger partial charge in [-0.3, -0.25) is 14.4 Å². The topological polar surface area (TPSA) is 108 Å². The monoisotopic (exact) mass is 289 g/mol. The van der Waals surface area contributed by atoms with Crippen molar-refractivity contribution in [2.75, 3.05) is 10.6 Å². The minimum Gasteiger partial charge on any atom is -0.411 e. The molecule has 2 amide bonds. The van der Waals surface area contributed by atoms with Gasteiger partial charge in [-0.2, -0.15) is 0 Å². The fraction of sp³-hybridized carbons (Fsp3) is 0.286. The lowest BCUT2D eigenvalue weighted by Gasteiger charge is -2.22. The second kappa shape index (κ2) is 5.74. The van der Waals surface area contributed by atoms with Crippen LogP contribution in [-0.4, -0.2) is 28.5 Å². The smallest absolute Gasteiger partial charge is 0.221 e. The Morgan fingerprint density at radius 3 is 2.24 bits per heavy atom. The molecule has 0 spiro atoms. The van der Waals surface area contributed by atoms with Gasteiger partial charge in [-0.15, -0.1) is 0 Å². The third-order valence-electron chi connectivity index (χ3n) is 3.16. The van der Waals surface area contributed by atoms with Crippen molar-refractivity contribution in [1.82, 2.24) is 0 Å². The SMILES string of the molecule is CC(=O)Nc1ccc(NC(C)=O)c2c1CCC(=NO)C2=O. The van der Waals surface area contributed by atoms with E-state index in [1.54, 1.807) is 12.1 Å². The van der Waals surface area contributed by atoms with E-state index in [0.717, 1.165) is 0 Å². The molecule has 7 nitrogen and oxygen atoms in total. The van der Waals surface area contributed by atoms with Crippen molar-refractivity contribution in [3.05, 3.63) is 23.3 Å². The standard InChI is InChI=1S/C14H15N3O4/c1-7(18)15-10-5-6-11(16-8(2)19)13-9(10)3-4-12(17-21)14(13)20/h5-6,21H,3-4H2,1-2H3,(H,15,18)(H,16,19). The Bertz CT molecular complexity index is 664. The molecule has 0 saturated heterocycles. The number of benzene rings is 1. The van der Waals surface area contributed by atoms with Gasteiger partial charge in [0, 0.05) is 26.0 Å². The van der Waals surface area contributed by atoms with Crippen LogP contribution >= 0.6 is 0 Å². The first-order chi connectivity index (χ1) is 9.93. The van der Waals surface area contributed by atoms with E-state index in [-0.39, 0.29) is 29.5 Å². The number of hydrogen-bond donors (Lipinski definition) is 3. The van der Waals surface area contributed by atoms with Crippen LogP contribution in [-0.2, 0) is 16.0 Å². The number of anilines is 2.